The molecule has 0 heterocycles. The van der Waals surface area contributed by atoms with E-state index < -0.39 is 5.97 Å². The summed E-state index contributed by atoms with van der Waals surface area (Å²) in [6, 6.07) is 0. The first-order valence-electron chi connectivity index (χ1n) is 4.95. The third kappa shape index (κ3) is 6.60. The Labute approximate surface area is 84.7 Å². The summed E-state index contributed by atoms with van der Waals surface area (Å²) >= 11 is 0. The van der Waals surface area contributed by atoms with Gasteiger partial charge >= 0.3 is 5.97 Å². The van der Waals surface area contributed by atoms with Crippen molar-refractivity contribution >= 4 is 12.3 Å². The molecule has 0 saturated carbocycles. The molecule has 2 N–H and O–H groups in total. The Morgan fingerprint density at radius 1 is 1.50 bits per heavy atom. The first-order valence-corrected chi connectivity index (χ1v) is 4.95. The normalized spacial score (nSPS) is 12.8. The zero-order valence-corrected chi connectivity index (χ0v) is 8.82. The molecule has 4 nitrogen and oxygen atoms in total. The van der Waals surface area contributed by atoms with E-state index in [1.165, 1.54) is 0 Å². The van der Waals surface area contributed by atoms with Crippen molar-refractivity contribution < 1.29 is 14.7 Å². The van der Waals surface area contributed by atoms with Crippen molar-refractivity contribution in [2.45, 2.75) is 26.7 Å². The second-order valence-corrected chi connectivity index (χ2v) is 3.76. The summed E-state index contributed by atoms with van der Waals surface area (Å²) < 4.78 is 0. The van der Waals surface area contributed by atoms with Crippen LogP contribution in [0.25, 0.3) is 0 Å². The van der Waals surface area contributed by atoms with Crippen LogP contribution >= 0.6 is 0 Å². The highest BCUT2D eigenvalue weighted by Crippen LogP contribution is 2.13. The predicted molar refractivity (Wildman–Crippen MR) is 54.1 cm³/mol. The standard InChI is InChI=1S/C10H19NO3/c1-8(2)9(7-12)4-3-5-11-6-10(13)14/h7-9,11H,3-6H2,1-2H3,(H,13,14). The van der Waals surface area contributed by atoms with E-state index in [0.29, 0.717) is 12.5 Å². The first kappa shape index (κ1) is 13.1. The lowest BCUT2D eigenvalue weighted by molar-refractivity contribution is -0.136. The van der Waals surface area contributed by atoms with Crippen LogP contribution in [0.3, 0.4) is 0 Å². The van der Waals surface area contributed by atoms with Crippen molar-refractivity contribution in [3.05, 3.63) is 0 Å². The van der Waals surface area contributed by atoms with Crippen LogP contribution in [0.4, 0.5) is 0 Å². The molecule has 0 aliphatic carbocycles. The molecule has 0 aromatic carbocycles. The van der Waals surface area contributed by atoms with Gasteiger partial charge in [-0.1, -0.05) is 13.8 Å². The quantitative estimate of drug-likeness (QED) is 0.452. The number of aliphatic carboxylic acids is 1. The molecule has 0 aromatic heterocycles. The Morgan fingerprint density at radius 2 is 2.14 bits per heavy atom. The molecule has 0 radical (unpaired) electrons. The van der Waals surface area contributed by atoms with Crippen LogP contribution in [0.2, 0.25) is 0 Å². The van der Waals surface area contributed by atoms with Crippen molar-refractivity contribution in [2.75, 3.05) is 13.1 Å². The summed E-state index contributed by atoms with van der Waals surface area (Å²) in [6.07, 6.45) is 2.66. The highest BCUT2D eigenvalue weighted by atomic mass is 16.4. The topological polar surface area (TPSA) is 66.4 Å². The van der Waals surface area contributed by atoms with Crippen LogP contribution in [-0.4, -0.2) is 30.5 Å². The second kappa shape index (κ2) is 7.50. The number of rotatable bonds is 8. The molecule has 0 spiro atoms. The monoisotopic (exact) mass is 201 g/mol. The minimum absolute atomic E-state index is 0.00651. The summed E-state index contributed by atoms with van der Waals surface area (Å²) in [6.45, 7) is 4.68. The van der Waals surface area contributed by atoms with Crippen molar-refractivity contribution in [2.24, 2.45) is 11.8 Å². The van der Waals surface area contributed by atoms with E-state index in [1.807, 2.05) is 13.8 Å². The first-order chi connectivity index (χ1) is 6.57. The fourth-order valence-electron chi connectivity index (χ4n) is 1.22. The maximum Gasteiger partial charge on any atom is 0.317 e. The number of nitrogens with one attached hydrogen (secondary N) is 1. The number of hydrogen-bond acceptors (Lipinski definition) is 3. The van der Waals surface area contributed by atoms with E-state index in [9.17, 15) is 9.59 Å². The van der Waals surface area contributed by atoms with Crippen LogP contribution in [0.5, 0.6) is 0 Å². The molecular formula is C10H19NO3. The van der Waals surface area contributed by atoms with E-state index in [1.54, 1.807) is 0 Å². The fraction of sp³-hybridized carbons (Fsp3) is 0.800. The number of carbonyl (C=O) groups is 2. The van der Waals surface area contributed by atoms with Gasteiger partial charge in [0.05, 0.1) is 6.54 Å². The zero-order chi connectivity index (χ0) is 11.0. The minimum Gasteiger partial charge on any atom is -0.480 e. The van der Waals surface area contributed by atoms with Crippen molar-refractivity contribution in [1.82, 2.24) is 5.32 Å². The Morgan fingerprint density at radius 3 is 2.57 bits per heavy atom. The van der Waals surface area contributed by atoms with Crippen LogP contribution in [0, 0.1) is 11.8 Å². The molecule has 4 heteroatoms. The molecule has 1 unspecified atom stereocenters. The van der Waals surface area contributed by atoms with Gasteiger partial charge in [-0.2, -0.15) is 0 Å². The van der Waals surface area contributed by atoms with Crippen LogP contribution < -0.4 is 5.32 Å². The molecule has 0 bridgehead atoms. The van der Waals surface area contributed by atoms with E-state index in [4.69, 9.17) is 5.11 Å². The van der Waals surface area contributed by atoms with Crippen LogP contribution in [0.1, 0.15) is 26.7 Å². The number of carboxylic acid groups (broad SMARTS) is 1. The number of carbonyl (C=O) groups excluding carboxylic acids is 1. The van der Waals surface area contributed by atoms with Gasteiger partial charge in [0.15, 0.2) is 0 Å². The van der Waals surface area contributed by atoms with Gasteiger partial charge in [-0.25, -0.2) is 0 Å². The molecule has 0 rings (SSSR count). The van der Waals surface area contributed by atoms with Gasteiger partial charge in [0.1, 0.15) is 6.29 Å². The number of carboxylic acids is 1. The van der Waals surface area contributed by atoms with Crippen LogP contribution in [-0.2, 0) is 9.59 Å². The summed E-state index contributed by atoms with van der Waals surface area (Å²) in [5.41, 5.74) is 0. The Balaban J connectivity index is 3.42. The van der Waals surface area contributed by atoms with Gasteiger partial charge < -0.3 is 15.2 Å². The highest BCUT2D eigenvalue weighted by molar-refractivity contribution is 5.68. The largest absolute Gasteiger partial charge is 0.480 e. The summed E-state index contributed by atoms with van der Waals surface area (Å²) in [7, 11) is 0. The van der Waals surface area contributed by atoms with Gasteiger partial charge in [-0.15, -0.1) is 0 Å². The van der Waals surface area contributed by atoms with E-state index in [0.717, 1.165) is 19.1 Å². The Bertz CT molecular complexity index is 180. The molecule has 0 aliphatic heterocycles. The van der Waals surface area contributed by atoms with E-state index in [-0.39, 0.29) is 12.5 Å². The fourth-order valence-corrected chi connectivity index (χ4v) is 1.22. The summed E-state index contributed by atoms with van der Waals surface area (Å²) in [5, 5.41) is 11.1. The molecule has 0 saturated heterocycles. The van der Waals surface area contributed by atoms with E-state index >= 15 is 0 Å². The van der Waals surface area contributed by atoms with Crippen molar-refractivity contribution in [3.8, 4) is 0 Å². The molecule has 0 amide bonds. The van der Waals surface area contributed by atoms with Gasteiger partial charge in [-0.3, -0.25) is 4.79 Å². The van der Waals surface area contributed by atoms with Crippen LogP contribution in [0.15, 0.2) is 0 Å². The lowest BCUT2D eigenvalue weighted by Gasteiger charge is -2.13. The van der Waals surface area contributed by atoms with Crippen molar-refractivity contribution in [1.29, 1.82) is 0 Å². The van der Waals surface area contributed by atoms with E-state index in [2.05, 4.69) is 5.32 Å². The molecule has 82 valence electrons. The molecule has 14 heavy (non-hydrogen) atoms. The maximum absolute atomic E-state index is 10.6. The highest BCUT2D eigenvalue weighted by Gasteiger charge is 2.10. The Hall–Kier alpha value is -0.900. The third-order valence-corrected chi connectivity index (χ3v) is 2.20. The summed E-state index contributed by atoms with van der Waals surface area (Å²) in [4.78, 5) is 20.7. The molecule has 0 aromatic rings. The molecule has 0 aliphatic rings. The number of hydrogen-bond donors (Lipinski definition) is 2. The SMILES string of the molecule is CC(C)C(C=O)CCCNCC(=O)O. The van der Waals surface area contributed by atoms with Gasteiger partial charge in [0.2, 0.25) is 0 Å². The average molecular weight is 201 g/mol. The molecule has 0 fully saturated rings. The minimum atomic E-state index is -0.846. The van der Waals surface area contributed by atoms with Gasteiger partial charge in [0.25, 0.3) is 0 Å². The van der Waals surface area contributed by atoms with Gasteiger partial charge in [0, 0.05) is 5.92 Å². The lowest BCUT2D eigenvalue weighted by Crippen LogP contribution is -2.24. The zero-order valence-electron chi connectivity index (χ0n) is 8.82. The summed E-state index contributed by atoms with van der Waals surface area (Å²) in [5.74, 6) is -0.380. The third-order valence-electron chi connectivity index (χ3n) is 2.20. The lowest BCUT2D eigenvalue weighted by atomic mass is 9.93. The maximum atomic E-state index is 10.6. The average Bonchev–Trinajstić information content (AvgIpc) is 2.10. The second-order valence-electron chi connectivity index (χ2n) is 3.76. The Kier molecular flexibility index (Phi) is 7.02. The predicted octanol–water partition coefficient (Wildman–Crippen LogP) is 0.912. The van der Waals surface area contributed by atoms with Crippen molar-refractivity contribution in [3.63, 3.8) is 0 Å². The molecular weight excluding hydrogens is 182 g/mol. The van der Waals surface area contributed by atoms with Gasteiger partial charge in [-0.05, 0) is 25.3 Å². The smallest absolute Gasteiger partial charge is 0.317 e. The molecule has 1 atom stereocenters. The number of aldehydes is 1.